The van der Waals surface area contributed by atoms with Gasteiger partial charge in [-0.2, -0.15) is 0 Å². The van der Waals surface area contributed by atoms with Gasteiger partial charge in [-0.1, -0.05) is 12.1 Å². The third-order valence-electron chi connectivity index (χ3n) is 4.35. The van der Waals surface area contributed by atoms with Gasteiger partial charge in [0.2, 0.25) is 11.8 Å². The standard InChI is InChI=1S/C18H25FN2O3/c1-14-18(23)20(12-15-6-8-16(24-2)9-7-15)13-17(22)21(14)11-5-3-4-10-19/h6-9,14H,3-5,10-13H2,1-2H3/t14-/m0/s1. The second kappa shape index (κ2) is 8.66. The molecule has 5 nitrogen and oxygen atoms in total. The molecule has 2 amide bonds. The third-order valence-corrected chi connectivity index (χ3v) is 4.35. The summed E-state index contributed by atoms with van der Waals surface area (Å²) >= 11 is 0. The van der Waals surface area contributed by atoms with Crippen LogP contribution in [0, 0.1) is 0 Å². The molecule has 0 N–H and O–H groups in total. The highest BCUT2D eigenvalue weighted by Crippen LogP contribution is 2.18. The molecule has 0 aliphatic carbocycles. The van der Waals surface area contributed by atoms with Gasteiger partial charge in [-0.15, -0.1) is 0 Å². The Kier molecular flexibility index (Phi) is 6.58. The first-order chi connectivity index (χ1) is 11.6. The fourth-order valence-corrected chi connectivity index (χ4v) is 2.90. The first kappa shape index (κ1) is 18.2. The number of alkyl halides is 1. The molecule has 1 fully saturated rings. The van der Waals surface area contributed by atoms with E-state index in [1.54, 1.807) is 23.8 Å². The number of halogens is 1. The van der Waals surface area contributed by atoms with Gasteiger partial charge >= 0.3 is 0 Å². The zero-order chi connectivity index (χ0) is 17.5. The number of carbonyl (C=O) groups excluding carboxylic acids is 2. The average molecular weight is 336 g/mol. The van der Waals surface area contributed by atoms with Gasteiger partial charge in [-0.05, 0) is 43.9 Å². The summed E-state index contributed by atoms with van der Waals surface area (Å²) < 4.78 is 17.2. The number of methoxy groups -OCH3 is 1. The van der Waals surface area contributed by atoms with E-state index >= 15 is 0 Å². The quantitative estimate of drug-likeness (QED) is 0.685. The van der Waals surface area contributed by atoms with Crippen molar-refractivity contribution in [3.8, 4) is 5.75 Å². The van der Waals surface area contributed by atoms with Crippen molar-refractivity contribution < 1.29 is 18.7 Å². The monoisotopic (exact) mass is 336 g/mol. The lowest BCUT2D eigenvalue weighted by Crippen LogP contribution is -2.58. The smallest absolute Gasteiger partial charge is 0.245 e. The molecule has 2 rings (SSSR count). The van der Waals surface area contributed by atoms with Gasteiger partial charge in [-0.25, -0.2) is 0 Å². The van der Waals surface area contributed by atoms with Crippen molar-refractivity contribution in [3.05, 3.63) is 29.8 Å². The molecule has 0 unspecified atom stereocenters. The Balaban J connectivity index is 1.94. The fourth-order valence-electron chi connectivity index (χ4n) is 2.90. The minimum atomic E-state index is -0.463. The Bertz CT molecular complexity index is 562. The van der Waals surface area contributed by atoms with E-state index in [2.05, 4.69) is 0 Å². The molecule has 1 saturated heterocycles. The number of unbranched alkanes of at least 4 members (excludes halogenated alkanes) is 2. The van der Waals surface area contributed by atoms with Crippen molar-refractivity contribution in [3.63, 3.8) is 0 Å². The summed E-state index contributed by atoms with van der Waals surface area (Å²) in [7, 11) is 1.60. The summed E-state index contributed by atoms with van der Waals surface area (Å²) in [4.78, 5) is 28.1. The second-order valence-electron chi connectivity index (χ2n) is 6.06. The number of benzene rings is 1. The first-order valence-corrected chi connectivity index (χ1v) is 8.34. The zero-order valence-electron chi connectivity index (χ0n) is 14.3. The number of carbonyl (C=O) groups is 2. The summed E-state index contributed by atoms with van der Waals surface area (Å²) in [5, 5.41) is 0. The number of piperazine rings is 1. The van der Waals surface area contributed by atoms with E-state index in [-0.39, 0.29) is 25.0 Å². The SMILES string of the molecule is COc1ccc(CN2CC(=O)N(CCCCCF)[C@@H](C)C2=O)cc1. The van der Waals surface area contributed by atoms with Crippen LogP contribution in [0.3, 0.4) is 0 Å². The second-order valence-corrected chi connectivity index (χ2v) is 6.06. The van der Waals surface area contributed by atoms with E-state index in [9.17, 15) is 14.0 Å². The highest BCUT2D eigenvalue weighted by Gasteiger charge is 2.35. The first-order valence-electron chi connectivity index (χ1n) is 8.34. The molecule has 1 aromatic carbocycles. The molecule has 24 heavy (non-hydrogen) atoms. The molecular formula is C18H25FN2O3. The molecule has 1 aliphatic heterocycles. The lowest BCUT2D eigenvalue weighted by molar-refractivity contribution is -0.155. The molecule has 6 heteroatoms. The molecule has 0 aromatic heterocycles. The number of hydrogen-bond donors (Lipinski definition) is 0. The van der Waals surface area contributed by atoms with Crippen LogP contribution in [0.2, 0.25) is 0 Å². The van der Waals surface area contributed by atoms with E-state index in [0.29, 0.717) is 19.5 Å². The molecule has 1 aliphatic rings. The minimum Gasteiger partial charge on any atom is -0.497 e. The van der Waals surface area contributed by atoms with Gasteiger partial charge in [0.25, 0.3) is 0 Å². The maximum atomic E-state index is 12.5. The van der Waals surface area contributed by atoms with Gasteiger partial charge in [0.05, 0.1) is 13.8 Å². The molecule has 132 valence electrons. The molecular weight excluding hydrogens is 311 g/mol. The van der Waals surface area contributed by atoms with Crippen molar-refractivity contribution in [2.45, 2.75) is 38.8 Å². The number of hydrogen-bond acceptors (Lipinski definition) is 3. The topological polar surface area (TPSA) is 49.9 Å². The number of nitrogens with zero attached hydrogens (tertiary/aromatic N) is 2. The van der Waals surface area contributed by atoms with Crippen molar-refractivity contribution in [2.24, 2.45) is 0 Å². The summed E-state index contributed by atoms with van der Waals surface area (Å²) in [5.74, 6) is 0.666. The van der Waals surface area contributed by atoms with E-state index in [1.807, 2.05) is 24.3 Å². The summed E-state index contributed by atoms with van der Waals surface area (Å²) in [6, 6.07) is 7.00. The van der Waals surface area contributed by atoms with E-state index < -0.39 is 6.04 Å². The largest absolute Gasteiger partial charge is 0.497 e. The Labute approximate surface area is 142 Å². The predicted molar refractivity (Wildman–Crippen MR) is 89.4 cm³/mol. The Morgan fingerprint density at radius 1 is 1.17 bits per heavy atom. The van der Waals surface area contributed by atoms with Gasteiger partial charge in [0.1, 0.15) is 18.3 Å². The molecule has 0 radical (unpaired) electrons. The maximum Gasteiger partial charge on any atom is 0.245 e. The zero-order valence-corrected chi connectivity index (χ0v) is 14.3. The van der Waals surface area contributed by atoms with Crippen molar-refractivity contribution >= 4 is 11.8 Å². The van der Waals surface area contributed by atoms with Crippen LogP contribution in [-0.4, -0.2) is 54.5 Å². The van der Waals surface area contributed by atoms with Crippen LogP contribution in [0.25, 0.3) is 0 Å². The van der Waals surface area contributed by atoms with Crippen LogP contribution in [0.5, 0.6) is 5.75 Å². The lowest BCUT2D eigenvalue weighted by atomic mass is 10.1. The van der Waals surface area contributed by atoms with Crippen LogP contribution in [0.15, 0.2) is 24.3 Å². The average Bonchev–Trinajstić information content (AvgIpc) is 2.59. The van der Waals surface area contributed by atoms with Gasteiger partial charge < -0.3 is 14.5 Å². The van der Waals surface area contributed by atoms with Crippen molar-refractivity contribution in [1.82, 2.24) is 9.80 Å². The minimum absolute atomic E-state index is 0.0455. The third kappa shape index (κ3) is 4.46. The number of rotatable bonds is 8. The van der Waals surface area contributed by atoms with Crippen LogP contribution in [-0.2, 0) is 16.1 Å². The molecule has 0 spiro atoms. The Hall–Kier alpha value is -2.11. The molecule has 0 bridgehead atoms. The van der Waals surface area contributed by atoms with Crippen molar-refractivity contribution in [2.75, 3.05) is 26.9 Å². The molecule has 1 heterocycles. The number of amides is 2. The fraction of sp³-hybridized carbons (Fsp3) is 0.556. The summed E-state index contributed by atoms with van der Waals surface area (Å²) in [5.41, 5.74) is 0.959. The van der Waals surface area contributed by atoms with Crippen LogP contribution in [0.1, 0.15) is 31.7 Å². The van der Waals surface area contributed by atoms with Gasteiger partial charge in [0, 0.05) is 13.1 Å². The molecule has 1 atom stereocenters. The van der Waals surface area contributed by atoms with Gasteiger partial charge in [0.15, 0.2) is 0 Å². The van der Waals surface area contributed by atoms with Crippen molar-refractivity contribution in [1.29, 1.82) is 0 Å². The summed E-state index contributed by atoms with van der Waals surface area (Å²) in [6.07, 6.45) is 1.97. The van der Waals surface area contributed by atoms with E-state index in [4.69, 9.17) is 4.74 Å². The predicted octanol–water partition coefficient (Wildman–Crippen LogP) is 2.39. The Morgan fingerprint density at radius 3 is 2.50 bits per heavy atom. The Morgan fingerprint density at radius 2 is 1.88 bits per heavy atom. The molecule has 1 aromatic rings. The van der Waals surface area contributed by atoms with Crippen LogP contribution < -0.4 is 4.74 Å². The van der Waals surface area contributed by atoms with Crippen LogP contribution >= 0.6 is 0 Å². The molecule has 0 saturated carbocycles. The highest BCUT2D eigenvalue weighted by molar-refractivity contribution is 5.94. The summed E-state index contributed by atoms with van der Waals surface area (Å²) in [6.45, 7) is 2.45. The lowest BCUT2D eigenvalue weighted by Gasteiger charge is -2.38. The number of ether oxygens (including phenoxy) is 1. The normalized spacial score (nSPS) is 18.2. The van der Waals surface area contributed by atoms with Crippen LogP contribution in [0.4, 0.5) is 4.39 Å². The van der Waals surface area contributed by atoms with Gasteiger partial charge in [-0.3, -0.25) is 14.0 Å². The van der Waals surface area contributed by atoms with E-state index in [0.717, 1.165) is 24.2 Å². The van der Waals surface area contributed by atoms with E-state index in [1.165, 1.54) is 0 Å². The highest BCUT2D eigenvalue weighted by atomic mass is 19.1. The maximum absolute atomic E-state index is 12.5.